The molecule has 1 rings (SSSR count). The standard InChI is InChI=1S/C6H6O3S2.Na/c7-11(8,9)10-6-4-2-1-3-5-6;/h1-5H,(H,7,8,9);/q;+1/p-1. The molecule has 3 nitrogen and oxygen atoms in total. The first kappa shape index (κ1) is 12.5. The van der Waals surface area contributed by atoms with Crippen LogP contribution in [0.25, 0.3) is 0 Å². The Balaban J connectivity index is 0.00000121. The summed E-state index contributed by atoms with van der Waals surface area (Å²) in [7, 11) is -3.89. The topological polar surface area (TPSA) is 57.2 Å². The van der Waals surface area contributed by atoms with E-state index in [1.807, 2.05) is 0 Å². The summed E-state index contributed by atoms with van der Waals surface area (Å²) >= 11 is 0. The molecule has 12 heavy (non-hydrogen) atoms. The quantitative estimate of drug-likeness (QED) is 0.331. The predicted molar refractivity (Wildman–Crippen MR) is 42.0 cm³/mol. The van der Waals surface area contributed by atoms with E-state index in [-0.39, 0.29) is 29.6 Å². The third kappa shape index (κ3) is 5.18. The summed E-state index contributed by atoms with van der Waals surface area (Å²) in [6.07, 6.45) is 0. The maximum atomic E-state index is 10.2. The molecule has 0 bridgehead atoms. The normalized spacial score (nSPS) is 10.4. The fourth-order valence-electron chi connectivity index (χ4n) is 0.594. The van der Waals surface area contributed by atoms with Crippen LogP contribution in [0.4, 0.5) is 0 Å². The van der Waals surface area contributed by atoms with E-state index in [0.29, 0.717) is 15.7 Å². The Labute approximate surface area is 97.0 Å². The molecule has 0 spiro atoms. The summed E-state index contributed by atoms with van der Waals surface area (Å²) in [6, 6.07) is 8.24. The van der Waals surface area contributed by atoms with E-state index in [1.165, 1.54) is 0 Å². The van der Waals surface area contributed by atoms with Crippen molar-refractivity contribution in [3.8, 4) is 0 Å². The molecule has 0 saturated carbocycles. The molecule has 0 fully saturated rings. The van der Waals surface area contributed by atoms with Gasteiger partial charge >= 0.3 is 29.6 Å². The van der Waals surface area contributed by atoms with Crippen LogP contribution in [0.1, 0.15) is 0 Å². The Kier molecular flexibility index (Phi) is 5.47. The predicted octanol–water partition coefficient (Wildman–Crippen LogP) is -1.76. The van der Waals surface area contributed by atoms with Crippen molar-refractivity contribution in [2.75, 3.05) is 0 Å². The smallest absolute Gasteiger partial charge is 0.739 e. The molecular formula is C6H5NaO3S2. The third-order valence-electron chi connectivity index (χ3n) is 0.941. The van der Waals surface area contributed by atoms with Crippen LogP contribution >= 0.6 is 10.8 Å². The van der Waals surface area contributed by atoms with E-state index in [0.717, 1.165) is 0 Å². The van der Waals surface area contributed by atoms with E-state index in [1.54, 1.807) is 30.3 Å². The molecule has 0 amide bonds. The van der Waals surface area contributed by atoms with Crippen molar-refractivity contribution in [1.82, 2.24) is 0 Å². The zero-order chi connectivity index (χ0) is 8.32. The first-order valence-electron chi connectivity index (χ1n) is 2.78. The molecule has 0 saturated heterocycles. The average Bonchev–Trinajstić information content (AvgIpc) is 1.85. The second-order valence-electron chi connectivity index (χ2n) is 1.80. The summed E-state index contributed by atoms with van der Waals surface area (Å²) in [6.45, 7) is 0. The minimum absolute atomic E-state index is 0. The number of benzene rings is 1. The van der Waals surface area contributed by atoms with Gasteiger partial charge in [0.1, 0.15) is 0 Å². The van der Waals surface area contributed by atoms with Gasteiger partial charge in [0.15, 0.2) is 9.15 Å². The summed E-state index contributed by atoms with van der Waals surface area (Å²) in [5, 5.41) is 0. The van der Waals surface area contributed by atoms with Gasteiger partial charge in [0.2, 0.25) is 0 Å². The van der Waals surface area contributed by atoms with Crippen LogP contribution in [-0.2, 0) is 9.15 Å². The van der Waals surface area contributed by atoms with Gasteiger partial charge in [-0.25, -0.2) is 8.42 Å². The zero-order valence-electron chi connectivity index (χ0n) is 6.43. The number of rotatable bonds is 2. The van der Waals surface area contributed by atoms with Gasteiger partial charge in [-0.05, 0) is 22.9 Å². The van der Waals surface area contributed by atoms with E-state index < -0.39 is 9.15 Å². The third-order valence-corrected chi connectivity index (χ3v) is 2.80. The maximum Gasteiger partial charge on any atom is 1.00 e. The molecule has 1 aromatic rings. The van der Waals surface area contributed by atoms with Gasteiger partial charge < -0.3 is 4.55 Å². The van der Waals surface area contributed by atoms with Crippen LogP contribution in [-0.4, -0.2) is 13.0 Å². The van der Waals surface area contributed by atoms with Crippen molar-refractivity contribution in [3.05, 3.63) is 30.3 Å². The summed E-state index contributed by atoms with van der Waals surface area (Å²) in [5.41, 5.74) is 0. The monoisotopic (exact) mass is 212 g/mol. The van der Waals surface area contributed by atoms with Gasteiger partial charge in [0.25, 0.3) is 0 Å². The molecule has 0 N–H and O–H groups in total. The van der Waals surface area contributed by atoms with Gasteiger partial charge in [-0.3, -0.25) is 0 Å². The van der Waals surface area contributed by atoms with Crippen LogP contribution in [0.5, 0.6) is 0 Å². The largest absolute Gasteiger partial charge is 1.00 e. The first-order valence-corrected chi connectivity index (χ1v) is 5.52. The molecule has 60 valence electrons. The minimum atomic E-state index is -4.21. The van der Waals surface area contributed by atoms with Gasteiger partial charge in [-0.1, -0.05) is 18.2 Å². The summed E-state index contributed by atoms with van der Waals surface area (Å²) in [5.74, 6) is 0. The number of hydrogen-bond acceptors (Lipinski definition) is 4. The molecule has 0 atom stereocenters. The summed E-state index contributed by atoms with van der Waals surface area (Å²) < 4.78 is 30.6. The van der Waals surface area contributed by atoms with E-state index in [4.69, 9.17) is 0 Å². The van der Waals surface area contributed by atoms with E-state index in [9.17, 15) is 13.0 Å². The minimum Gasteiger partial charge on any atom is -0.739 e. The van der Waals surface area contributed by atoms with Crippen molar-refractivity contribution in [2.24, 2.45) is 0 Å². The maximum absolute atomic E-state index is 10.2. The van der Waals surface area contributed by atoms with Crippen molar-refractivity contribution in [2.45, 2.75) is 4.90 Å². The van der Waals surface area contributed by atoms with Crippen molar-refractivity contribution in [3.63, 3.8) is 0 Å². The fourth-order valence-corrected chi connectivity index (χ4v) is 2.14. The SMILES string of the molecule is O=S(=O)([O-])Sc1ccccc1.[Na+]. The molecule has 0 heterocycles. The van der Waals surface area contributed by atoms with Crippen LogP contribution < -0.4 is 29.6 Å². The van der Waals surface area contributed by atoms with Crippen LogP contribution in [0.3, 0.4) is 0 Å². The molecule has 0 aromatic heterocycles. The number of hydrogen-bond donors (Lipinski definition) is 0. The Morgan fingerprint density at radius 2 is 1.67 bits per heavy atom. The molecular weight excluding hydrogens is 207 g/mol. The van der Waals surface area contributed by atoms with Crippen LogP contribution in [0.2, 0.25) is 0 Å². The molecule has 0 aliphatic rings. The fraction of sp³-hybridized carbons (Fsp3) is 0. The van der Waals surface area contributed by atoms with Crippen molar-refractivity contribution >= 4 is 19.9 Å². The van der Waals surface area contributed by atoms with Gasteiger partial charge in [-0.2, -0.15) is 0 Å². The average molecular weight is 212 g/mol. The van der Waals surface area contributed by atoms with Gasteiger partial charge in [-0.15, -0.1) is 0 Å². The van der Waals surface area contributed by atoms with Crippen molar-refractivity contribution in [1.29, 1.82) is 0 Å². The molecule has 0 aliphatic heterocycles. The van der Waals surface area contributed by atoms with E-state index in [2.05, 4.69) is 0 Å². The van der Waals surface area contributed by atoms with E-state index >= 15 is 0 Å². The second-order valence-corrected chi connectivity index (χ2v) is 4.98. The van der Waals surface area contributed by atoms with Crippen LogP contribution in [0.15, 0.2) is 35.2 Å². The molecule has 0 aliphatic carbocycles. The zero-order valence-corrected chi connectivity index (χ0v) is 10.1. The Morgan fingerprint density at radius 1 is 1.17 bits per heavy atom. The van der Waals surface area contributed by atoms with Crippen LogP contribution in [0, 0.1) is 0 Å². The molecule has 1 aromatic carbocycles. The van der Waals surface area contributed by atoms with Gasteiger partial charge in [0, 0.05) is 4.90 Å². The Hall–Kier alpha value is 0.480. The molecule has 6 heteroatoms. The molecule has 0 unspecified atom stereocenters. The Morgan fingerprint density at radius 3 is 2.08 bits per heavy atom. The Bertz CT molecular complexity index is 322. The molecule has 0 radical (unpaired) electrons. The first-order chi connectivity index (χ1) is 5.08. The van der Waals surface area contributed by atoms with Gasteiger partial charge in [0.05, 0.1) is 0 Å². The van der Waals surface area contributed by atoms with Crippen molar-refractivity contribution < 1.29 is 42.5 Å². The summed E-state index contributed by atoms with van der Waals surface area (Å²) in [4.78, 5) is 0.447. The second kappa shape index (κ2) is 5.26.